The van der Waals surface area contributed by atoms with Crippen molar-refractivity contribution in [3.63, 3.8) is 0 Å². The largest absolute Gasteiger partial charge is 0.208 e. The monoisotopic (exact) mass is 713 g/mol. The zero-order valence-electron chi connectivity index (χ0n) is 29.1. The molecular weight excluding hydrogens is 683 g/mol. The predicted molar refractivity (Wildman–Crippen MR) is 225 cm³/mol. The van der Waals surface area contributed by atoms with Gasteiger partial charge in [0.25, 0.3) is 0 Å². The molecule has 250 valence electrons. The van der Waals surface area contributed by atoms with Gasteiger partial charge in [-0.05, 0) is 75.8 Å². The van der Waals surface area contributed by atoms with E-state index >= 15 is 0 Å². The van der Waals surface area contributed by atoms with Gasteiger partial charge < -0.3 is 0 Å². The first-order valence-electron chi connectivity index (χ1n) is 17.9. The van der Waals surface area contributed by atoms with Gasteiger partial charge in [0.05, 0.1) is 0 Å². The van der Waals surface area contributed by atoms with Gasteiger partial charge >= 0.3 is 0 Å². The van der Waals surface area contributed by atoms with E-state index in [1.165, 1.54) is 73.7 Å². The van der Waals surface area contributed by atoms with Crippen LogP contribution in [0.3, 0.4) is 0 Å². The molecule has 0 spiro atoms. The van der Waals surface area contributed by atoms with E-state index in [1.54, 1.807) is 0 Å². The molecule has 0 saturated heterocycles. The van der Waals surface area contributed by atoms with Gasteiger partial charge in [-0.2, -0.15) is 0 Å². The SMILES string of the molecule is CC1(C)c2ccccc2-c2cccc(-c3ccc4sc5cccc(-c6nc(-c7ccccc7)nc(-c7ccc8sc9ccccc9c8c7)n6)c5c4c3)c21. The highest BCUT2D eigenvalue weighted by Crippen LogP contribution is 2.52. The topological polar surface area (TPSA) is 38.7 Å². The number of benzene rings is 7. The third kappa shape index (κ3) is 4.67. The van der Waals surface area contributed by atoms with Crippen LogP contribution in [-0.2, 0) is 5.41 Å². The smallest absolute Gasteiger partial charge is 0.164 e. The van der Waals surface area contributed by atoms with E-state index in [4.69, 9.17) is 15.0 Å². The van der Waals surface area contributed by atoms with E-state index in [0.29, 0.717) is 17.5 Å². The Morgan fingerprint density at radius 3 is 1.87 bits per heavy atom. The van der Waals surface area contributed by atoms with Crippen molar-refractivity contribution in [1.29, 1.82) is 0 Å². The highest BCUT2D eigenvalue weighted by atomic mass is 32.1. The molecular formula is C48H31N3S2. The van der Waals surface area contributed by atoms with Gasteiger partial charge in [0, 0.05) is 62.4 Å². The maximum atomic E-state index is 5.26. The third-order valence-corrected chi connectivity index (χ3v) is 13.2. The van der Waals surface area contributed by atoms with Crippen LogP contribution in [0.2, 0.25) is 0 Å². The summed E-state index contributed by atoms with van der Waals surface area (Å²) in [4.78, 5) is 15.6. The van der Waals surface area contributed by atoms with Gasteiger partial charge in [-0.25, -0.2) is 15.0 Å². The second-order valence-corrected chi connectivity index (χ2v) is 16.5. The van der Waals surface area contributed by atoms with Crippen LogP contribution >= 0.6 is 22.7 Å². The summed E-state index contributed by atoms with van der Waals surface area (Å²) in [6.07, 6.45) is 0. The van der Waals surface area contributed by atoms with Crippen LogP contribution in [0.4, 0.5) is 0 Å². The molecule has 0 unspecified atom stereocenters. The Morgan fingerprint density at radius 1 is 0.396 bits per heavy atom. The average molecular weight is 714 g/mol. The number of nitrogens with zero attached hydrogens (tertiary/aromatic N) is 3. The zero-order valence-corrected chi connectivity index (χ0v) is 30.7. The molecule has 0 aliphatic heterocycles. The van der Waals surface area contributed by atoms with Crippen molar-refractivity contribution in [2.45, 2.75) is 19.3 Å². The summed E-state index contributed by atoms with van der Waals surface area (Å²) in [5, 5.41) is 4.88. The first-order chi connectivity index (χ1) is 26.0. The van der Waals surface area contributed by atoms with Gasteiger partial charge in [0.2, 0.25) is 0 Å². The maximum absolute atomic E-state index is 5.26. The van der Waals surface area contributed by atoms with Crippen molar-refractivity contribution >= 4 is 63.0 Å². The van der Waals surface area contributed by atoms with Crippen LogP contribution in [0, 0.1) is 0 Å². The lowest BCUT2D eigenvalue weighted by Gasteiger charge is -2.24. The van der Waals surface area contributed by atoms with Crippen LogP contribution in [0.25, 0.3) is 96.8 Å². The Hall–Kier alpha value is -6.01. The summed E-state index contributed by atoms with van der Waals surface area (Å²) in [6, 6.07) is 54.6. The summed E-state index contributed by atoms with van der Waals surface area (Å²) in [5.41, 5.74) is 10.8. The van der Waals surface area contributed by atoms with Crippen molar-refractivity contribution in [2.24, 2.45) is 0 Å². The summed E-state index contributed by atoms with van der Waals surface area (Å²) in [7, 11) is 0. The standard InChI is InChI=1S/C48H31N3S2/c1-48(2)38-19-8-6-14-32(38)34-17-10-16-31(44(34)48)29-22-24-41-37(26-29)43-35(18-11-21-42(43)53-41)47-50-45(28-12-4-3-5-13-28)49-46(51-47)30-23-25-40-36(27-30)33-15-7-9-20-39(33)52-40/h3-27H,1-2H3. The molecule has 7 aromatic carbocycles. The van der Waals surface area contributed by atoms with Crippen molar-refractivity contribution in [1.82, 2.24) is 15.0 Å². The first kappa shape index (κ1) is 30.6. The normalized spacial score (nSPS) is 13.2. The molecule has 0 saturated carbocycles. The molecule has 0 bridgehead atoms. The van der Waals surface area contributed by atoms with Crippen LogP contribution in [0.15, 0.2) is 152 Å². The van der Waals surface area contributed by atoms with E-state index < -0.39 is 0 Å². The molecule has 5 heteroatoms. The molecule has 3 heterocycles. The molecule has 3 nitrogen and oxygen atoms in total. The number of hydrogen-bond acceptors (Lipinski definition) is 5. The third-order valence-electron chi connectivity index (χ3n) is 10.9. The Balaban J connectivity index is 1.12. The van der Waals surface area contributed by atoms with Gasteiger partial charge in [-0.3, -0.25) is 0 Å². The van der Waals surface area contributed by atoms with E-state index in [1.807, 2.05) is 40.9 Å². The maximum Gasteiger partial charge on any atom is 0.164 e. The lowest BCUT2D eigenvalue weighted by molar-refractivity contribution is 0.662. The van der Waals surface area contributed by atoms with Crippen LogP contribution in [0.5, 0.6) is 0 Å². The van der Waals surface area contributed by atoms with E-state index in [9.17, 15) is 0 Å². The fourth-order valence-electron chi connectivity index (χ4n) is 8.48. The van der Waals surface area contributed by atoms with Crippen LogP contribution in [0.1, 0.15) is 25.0 Å². The molecule has 0 atom stereocenters. The van der Waals surface area contributed by atoms with Crippen molar-refractivity contribution < 1.29 is 0 Å². The fourth-order valence-corrected chi connectivity index (χ4v) is 10.7. The van der Waals surface area contributed by atoms with Gasteiger partial charge in [-0.1, -0.05) is 123 Å². The highest BCUT2D eigenvalue weighted by Gasteiger charge is 2.37. The second-order valence-electron chi connectivity index (χ2n) is 14.4. The summed E-state index contributed by atoms with van der Waals surface area (Å²) < 4.78 is 5.01. The lowest BCUT2D eigenvalue weighted by Crippen LogP contribution is -2.16. The highest BCUT2D eigenvalue weighted by molar-refractivity contribution is 7.26. The van der Waals surface area contributed by atoms with E-state index in [-0.39, 0.29) is 5.41 Å². The average Bonchev–Trinajstić information content (AvgIpc) is 3.85. The minimum Gasteiger partial charge on any atom is -0.208 e. The molecule has 53 heavy (non-hydrogen) atoms. The van der Waals surface area contributed by atoms with Gasteiger partial charge in [0.15, 0.2) is 17.5 Å². The molecule has 11 rings (SSSR count). The molecule has 3 aromatic heterocycles. The summed E-state index contributed by atoms with van der Waals surface area (Å²) in [5.74, 6) is 2.02. The number of fused-ring (bicyclic) bond motifs is 9. The Morgan fingerprint density at radius 2 is 0.981 bits per heavy atom. The Labute approximate surface area is 314 Å². The molecule has 0 N–H and O–H groups in total. The number of hydrogen-bond donors (Lipinski definition) is 0. The predicted octanol–water partition coefficient (Wildman–Crippen LogP) is 13.6. The van der Waals surface area contributed by atoms with Crippen molar-refractivity contribution in [2.75, 3.05) is 0 Å². The number of rotatable bonds is 4. The lowest BCUT2D eigenvalue weighted by atomic mass is 9.79. The summed E-state index contributed by atoms with van der Waals surface area (Å²) >= 11 is 3.64. The fraction of sp³-hybridized carbons (Fsp3) is 0.0625. The Bertz CT molecular complexity index is 3100. The van der Waals surface area contributed by atoms with Gasteiger partial charge in [0.1, 0.15) is 0 Å². The molecule has 0 radical (unpaired) electrons. The molecule has 0 fully saturated rings. The van der Waals surface area contributed by atoms with E-state index in [0.717, 1.165) is 16.7 Å². The Kier molecular flexibility index (Phi) is 6.64. The zero-order chi connectivity index (χ0) is 35.3. The van der Waals surface area contributed by atoms with E-state index in [2.05, 4.69) is 147 Å². The summed E-state index contributed by atoms with van der Waals surface area (Å²) in [6.45, 7) is 4.72. The molecule has 1 aliphatic carbocycles. The minimum absolute atomic E-state index is 0.104. The minimum atomic E-state index is -0.104. The van der Waals surface area contributed by atoms with Crippen LogP contribution in [-0.4, -0.2) is 15.0 Å². The van der Waals surface area contributed by atoms with Crippen molar-refractivity contribution in [3.8, 4) is 56.4 Å². The second kappa shape index (κ2) is 11.5. The quantitative estimate of drug-likeness (QED) is 0.182. The van der Waals surface area contributed by atoms with Crippen LogP contribution < -0.4 is 0 Å². The molecule has 10 aromatic rings. The molecule has 0 amide bonds. The van der Waals surface area contributed by atoms with Gasteiger partial charge in [-0.15, -0.1) is 22.7 Å². The number of aromatic nitrogens is 3. The molecule has 1 aliphatic rings. The van der Waals surface area contributed by atoms with Crippen molar-refractivity contribution in [3.05, 3.63) is 163 Å². The first-order valence-corrected chi connectivity index (χ1v) is 19.6. The number of thiophene rings is 2.